The summed E-state index contributed by atoms with van der Waals surface area (Å²) in [4.78, 5) is 11.9. The third kappa shape index (κ3) is 2.16. The molecule has 0 saturated carbocycles. The van der Waals surface area contributed by atoms with Crippen LogP contribution in [0.15, 0.2) is 5.16 Å². The number of hydrogen-bond donors (Lipinski definition) is 1. The van der Waals surface area contributed by atoms with Crippen molar-refractivity contribution in [1.82, 2.24) is 14.8 Å². The predicted octanol–water partition coefficient (Wildman–Crippen LogP) is 0.891. The van der Waals surface area contributed by atoms with Gasteiger partial charge in [-0.2, -0.15) is 0 Å². The van der Waals surface area contributed by atoms with Crippen molar-refractivity contribution in [2.75, 3.05) is 17.7 Å². The zero-order chi connectivity index (χ0) is 11.7. The molecule has 0 spiro atoms. The van der Waals surface area contributed by atoms with E-state index in [0.29, 0.717) is 12.6 Å². The number of hydrogen-bond acceptors (Lipinski definition) is 5. The van der Waals surface area contributed by atoms with E-state index in [9.17, 15) is 4.79 Å². The van der Waals surface area contributed by atoms with Gasteiger partial charge >= 0.3 is 0 Å². The zero-order valence-corrected chi connectivity index (χ0v) is 10.2. The number of aromatic nitrogens is 3. The Hall–Kier alpha value is -1.08. The number of rotatable bonds is 2. The quantitative estimate of drug-likeness (QED) is 0.849. The van der Waals surface area contributed by atoms with Gasteiger partial charge in [0.05, 0.1) is 0 Å². The summed E-state index contributed by atoms with van der Waals surface area (Å²) >= 11 is 1.68. The summed E-state index contributed by atoms with van der Waals surface area (Å²) in [6.45, 7) is 1.54. The zero-order valence-electron chi connectivity index (χ0n) is 9.39. The molecule has 1 atom stereocenters. The Balaban J connectivity index is 1.72. The van der Waals surface area contributed by atoms with Crippen LogP contribution in [0.3, 0.4) is 0 Å². The lowest BCUT2D eigenvalue weighted by Gasteiger charge is -2.15. The van der Waals surface area contributed by atoms with E-state index in [1.807, 2.05) is 4.57 Å². The van der Waals surface area contributed by atoms with Crippen molar-refractivity contribution in [2.45, 2.75) is 37.1 Å². The normalized spacial score (nSPS) is 23.4. The van der Waals surface area contributed by atoms with Crippen LogP contribution < -0.4 is 5.32 Å². The van der Waals surface area contributed by atoms with Crippen molar-refractivity contribution in [3.8, 4) is 0 Å². The standard InChI is InChI=1S/C10H14N4O2S/c15-8(7-3-1-5-16-7)11-9-12-13-10-14(9)4-2-6-17-10/h7H,1-6H2,(H,11,12,15). The van der Waals surface area contributed by atoms with Crippen LogP contribution >= 0.6 is 11.8 Å². The van der Waals surface area contributed by atoms with Gasteiger partial charge in [0.15, 0.2) is 5.16 Å². The molecule has 3 heterocycles. The SMILES string of the molecule is O=C(Nc1nnc2n1CCCS2)C1CCCO1. The highest BCUT2D eigenvalue weighted by molar-refractivity contribution is 7.99. The third-order valence-electron chi connectivity index (χ3n) is 2.93. The molecule has 1 amide bonds. The molecule has 0 radical (unpaired) electrons. The van der Waals surface area contributed by atoms with E-state index in [1.165, 1.54) is 0 Å². The Morgan fingerprint density at radius 3 is 3.24 bits per heavy atom. The largest absolute Gasteiger partial charge is 0.368 e. The average Bonchev–Trinajstić information content (AvgIpc) is 2.98. The van der Waals surface area contributed by atoms with Gasteiger partial charge < -0.3 is 4.74 Å². The fourth-order valence-corrected chi connectivity index (χ4v) is 2.94. The Bertz CT molecular complexity index is 428. The highest BCUT2D eigenvalue weighted by Gasteiger charge is 2.26. The van der Waals surface area contributed by atoms with Crippen LogP contribution in [0.2, 0.25) is 0 Å². The van der Waals surface area contributed by atoms with Gasteiger partial charge in [-0.15, -0.1) is 10.2 Å². The van der Waals surface area contributed by atoms with Crippen LogP contribution in [0.4, 0.5) is 5.95 Å². The van der Waals surface area contributed by atoms with Gasteiger partial charge in [-0.25, -0.2) is 0 Å². The molecule has 2 aliphatic rings. The Labute approximate surface area is 103 Å². The minimum atomic E-state index is -0.320. The first-order chi connectivity index (χ1) is 8.34. The van der Waals surface area contributed by atoms with E-state index in [2.05, 4.69) is 15.5 Å². The summed E-state index contributed by atoms with van der Waals surface area (Å²) in [6, 6.07) is 0. The summed E-state index contributed by atoms with van der Waals surface area (Å²) in [5.41, 5.74) is 0. The van der Waals surface area contributed by atoms with Gasteiger partial charge in [-0.05, 0) is 19.3 Å². The van der Waals surface area contributed by atoms with E-state index in [4.69, 9.17) is 4.74 Å². The molecule has 0 aromatic carbocycles. The number of fused-ring (bicyclic) bond motifs is 1. The topological polar surface area (TPSA) is 69.0 Å². The van der Waals surface area contributed by atoms with Gasteiger partial charge in [0, 0.05) is 18.9 Å². The van der Waals surface area contributed by atoms with E-state index in [1.54, 1.807) is 11.8 Å². The monoisotopic (exact) mass is 254 g/mol. The number of nitrogens with one attached hydrogen (secondary N) is 1. The van der Waals surface area contributed by atoms with Crippen LogP contribution in [0.5, 0.6) is 0 Å². The van der Waals surface area contributed by atoms with E-state index in [-0.39, 0.29) is 12.0 Å². The highest BCUT2D eigenvalue weighted by Crippen LogP contribution is 2.25. The van der Waals surface area contributed by atoms with Crippen molar-refractivity contribution in [3.05, 3.63) is 0 Å². The summed E-state index contributed by atoms with van der Waals surface area (Å²) in [7, 11) is 0. The summed E-state index contributed by atoms with van der Waals surface area (Å²) in [5.74, 6) is 1.51. The second-order valence-electron chi connectivity index (χ2n) is 4.15. The lowest BCUT2D eigenvalue weighted by atomic mass is 10.2. The fraction of sp³-hybridized carbons (Fsp3) is 0.700. The molecule has 1 N–H and O–H groups in total. The van der Waals surface area contributed by atoms with Crippen molar-refractivity contribution in [3.63, 3.8) is 0 Å². The van der Waals surface area contributed by atoms with Crippen LogP contribution in [0, 0.1) is 0 Å². The second-order valence-corrected chi connectivity index (χ2v) is 5.21. The molecule has 2 aliphatic heterocycles. The van der Waals surface area contributed by atoms with E-state index < -0.39 is 0 Å². The molecule has 0 aliphatic carbocycles. The third-order valence-corrected chi connectivity index (χ3v) is 3.98. The number of ether oxygens (including phenoxy) is 1. The summed E-state index contributed by atoms with van der Waals surface area (Å²) in [6.07, 6.45) is 2.51. The highest BCUT2D eigenvalue weighted by atomic mass is 32.2. The van der Waals surface area contributed by atoms with Crippen LogP contribution in [-0.2, 0) is 16.1 Å². The predicted molar refractivity (Wildman–Crippen MR) is 63.0 cm³/mol. The minimum absolute atomic E-state index is 0.103. The van der Waals surface area contributed by atoms with E-state index in [0.717, 1.165) is 36.7 Å². The molecule has 1 unspecified atom stereocenters. The Morgan fingerprint density at radius 1 is 1.47 bits per heavy atom. The maximum Gasteiger partial charge on any atom is 0.255 e. The molecule has 0 bridgehead atoms. The molecular formula is C10H14N4O2S. The molecule has 1 aromatic rings. The second kappa shape index (κ2) is 4.66. The van der Waals surface area contributed by atoms with Crippen LogP contribution in [0.25, 0.3) is 0 Å². The van der Waals surface area contributed by atoms with E-state index >= 15 is 0 Å². The lowest BCUT2D eigenvalue weighted by molar-refractivity contribution is -0.124. The van der Waals surface area contributed by atoms with Crippen molar-refractivity contribution in [2.24, 2.45) is 0 Å². The Morgan fingerprint density at radius 2 is 2.41 bits per heavy atom. The molecule has 3 rings (SSSR count). The first-order valence-corrected chi connectivity index (χ1v) is 6.81. The maximum absolute atomic E-state index is 11.9. The van der Waals surface area contributed by atoms with Crippen molar-refractivity contribution in [1.29, 1.82) is 0 Å². The van der Waals surface area contributed by atoms with Gasteiger partial charge in [0.25, 0.3) is 5.91 Å². The first-order valence-electron chi connectivity index (χ1n) is 5.83. The summed E-state index contributed by atoms with van der Waals surface area (Å²) in [5, 5.41) is 11.8. The number of carbonyl (C=O) groups is 1. The molecule has 1 fully saturated rings. The van der Waals surface area contributed by atoms with Crippen molar-refractivity contribution >= 4 is 23.6 Å². The smallest absolute Gasteiger partial charge is 0.255 e. The maximum atomic E-state index is 11.9. The van der Waals surface area contributed by atoms with Crippen LogP contribution in [0.1, 0.15) is 19.3 Å². The number of amides is 1. The lowest BCUT2D eigenvalue weighted by Crippen LogP contribution is -2.28. The van der Waals surface area contributed by atoms with Gasteiger partial charge in [-0.3, -0.25) is 14.7 Å². The molecule has 17 heavy (non-hydrogen) atoms. The number of carbonyl (C=O) groups excluding carboxylic acids is 1. The molecule has 6 nitrogen and oxygen atoms in total. The number of nitrogens with zero attached hydrogens (tertiary/aromatic N) is 3. The molecule has 92 valence electrons. The summed E-state index contributed by atoms with van der Waals surface area (Å²) < 4.78 is 7.29. The number of thioether (sulfide) groups is 1. The Kier molecular flexibility index (Phi) is 3.02. The fourth-order valence-electron chi connectivity index (χ4n) is 2.05. The molecule has 1 saturated heterocycles. The minimum Gasteiger partial charge on any atom is -0.368 e. The van der Waals surface area contributed by atoms with Crippen molar-refractivity contribution < 1.29 is 9.53 Å². The molecule has 7 heteroatoms. The molecular weight excluding hydrogens is 240 g/mol. The first kappa shape index (κ1) is 11.0. The van der Waals surface area contributed by atoms with Gasteiger partial charge in [-0.1, -0.05) is 11.8 Å². The van der Waals surface area contributed by atoms with Gasteiger partial charge in [0.1, 0.15) is 6.10 Å². The van der Waals surface area contributed by atoms with Crippen LogP contribution in [-0.4, -0.2) is 39.1 Å². The average molecular weight is 254 g/mol. The number of anilines is 1. The molecule has 1 aromatic heterocycles. The van der Waals surface area contributed by atoms with Gasteiger partial charge in [0.2, 0.25) is 5.95 Å².